The van der Waals surface area contributed by atoms with Crippen molar-refractivity contribution in [3.8, 4) is 5.75 Å². The molecule has 0 bridgehead atoms. The monoisotopic (exact) mass is 478 g/mol. The molecule has 0 radical (unpaired) electrons. The van der Waals surface area contributed by atoms with Gasteiger partial charge in [0.1, 0.15) is 5.75 Å². The molecule has 0 heterocycles. The Bertz CT molecular complexity index is 514. The average Bonchev–Trinajstić information content (AvgIpc) is 2.64. The quantitative estimate of drug-likeness (QED) is 0.222. The van der Waals surface area contributed by atoms with Crippen LogP contribution >= 0.6 is 24.0 Å². The summed E-state index contributed by atoms with van der Waals surface area (Å²) in [5, 5.41) is 6.75. The molecule has 26 heavy (non-hydrogen) atoms. The highest BCUT2D eigenvalue weighted by Crippen LogP contribution is 2.25. The zero-order valence-electron chi connectivity index (χ0n) is 16.7. The number of halogens is 1. The number of guanidine groups is 1. The normalized spacial score (nSPS) is 12.5. The van der Waals surface area contributed by atoms with Gasteiger partial charge in [0.25, 0.3) is 0 Å². The highest BCUT2D eigenvalue weighted by molar-refractivity contribution is 14.0. The van der Waals surface area contributed by atoms with E-state index in [2.05, 4.69) is 40.6 Å². The van der Waals surface area contributed by atoms with E-state index >= 15 is 0 Å². The maximum atomic E-state index is 5.44. The van der Waals surface area contributed by atoms with Crippen molar-refractivity contribution in [1.29, 1.82) is 0 Å². The van der Waals surface area contributed by atoms with Crippen LogP contribution in [-0.4, -0.2) is 72.0 Å². The van der Waals surface area contributed by atoms with Gasteiger partial charge in [-0.2, -0.15) is 0 Å². The van der Waals surface area contributed by atoms with Crippen LogP contribution in [0.2, 0.25) is 0 Å². The molecular formula is C19H35IN4O2. The van der Waals surface area contributed by atoms with E-state index in [0.717, 1.165) is 50.9 Å². The predicted octanol–water partition coefficient (Wildman–Crippen LogP) is 2.55. The molecule has 0 saturated carbocycles. The molecule has 2 N–H and O–H groups in total. The molecule has 6 nitrogen and oxygen atoms in total. The summed E-state index contributed by atoms with van der Waals surface area (Å²) in [6, 6.07) is 8.14. The van der Waals surface area contributed by atoms with Gasteiger partial charge in [-0.3, -0.25) is 4.99 Å². The minimum Gasteiger partial charge on any atom is -0.496 e. The number of nitrogens with zero attached hydrogens (tertiary/aromatic N) is 2. The molecule has 0 amide bonds. The minimum atomic E-state index is 0. The van der Waals surface area contributed by atoms with Crippen molar-refractivity contribution < 1.29 is 9.47 Å². The number of methoxy groups -OCH3 is 2. The summed E-state index contributed by atoms with van der Waals surface area (Å²) >= 11 is 0. The van der Waals surface area contributed by atoms with Crippen molar-refractivity contribution in [1.82, 2.24) is 15.5 Å². The molecule has 1 atom stereocenters. The number of likely N-dealkylation sites (N-methyl/N-ethyl adjacent to an activating group) is 1. The lowest BCUT2D eigenvalue weighted by Crippen LogP contribution is -2.42. The SMILES string of the molecule is CN=C(NCCN(C)CCCOC)NCC(C)c1ccccc1OC.I. The van der Waals surface area contributed by atoms with Crippen molar-refractivity contribution in [3.05, 3.63) is 29.8 Å². The number of hydrogen-bond acceptors (Lipinski definition) is 4. The Hall–Kier alpha value is -1.06. The zero-order chi connectivity index (χ0) is 18.5. The number of benzene rings is 1. The van der Waals surface area contributed by atoms with Gasteiger partial charge in [0.05, 0.1) is 7.11 Å². The van der Waals surface area contributed by atoms with Crippen molar-refractivity contribution in [2.24, 2.45) is 4.99 Å². The smallest absolute Gasteiger partial charge is 0.191 e. The fourth-order valence-electron chi connectivity index (χ4n) is 2.61. The lowest BCUT2D eigenvalue weighted by Gasteiger charge is -2.20. The molecule has 1 rings (SSSR count). The third kappa shape index (κ3) is 9.59. The first-order valence-corrected chi connectivity index (χ1v) is 8.87. The van der Waals surface area contributed by atoms with Gasteiger partial charge in [-0.15, -0.1) is 24.0 Å². The van der Waals surface area contributed by atoms with Gasteiger partial charge < -0.3 is 25.0 Å². The first kappa shape index (κ1) is 24.9. The topological polar surface area (TPSA) is 58.1 Å². The number of aliphatic imine (C=N–C) groups is 1. The summed E-state index contributed by atoms with van der Waals surface area (Å²) in [6.07, 6.45) is 1.05. The first-order chi connectivity index (χ1) is 12.1. The number of para-hydroxylation sites is 1. The molecule has 0 spiro atoms. The van der Waals surface area contributed by atoms with Crippen LogP contribution < -0.4 is 15.4 Å². The Labute approximate surface area is 175 Å². The molecule has 150 valence electrons. The van der Waals surface area contributed by atoms with Crippen LogP contribution in [0.25, 0.3) is 0 Å². The highest BCUT2D eigenvalue weighted by atomic mass is 127. The predicted molar refractivity (Wildman–Crippen MR) is 120 cm³/mol. The van der Waals surface area contributed by atoms with Crippen LogP contribution in [0.5, 0.6) is 5.75 Å². The third-order valence-corrected chi connectivity index (χ3v) is 4.14. The Morgan fingerprint density at radius 3 is 2.58 bits per heavy atom. The van der Waals surface area contributed by atoms with E-state index in [-0.39, 0.29) is 24.0 Å². The maximum absolute atomic E-state index is 5.44. The number of hydrogen-bond donors (Lipinski definition) is 2. The number of nitrogens with one attached hydrogen (secondary N) is 2. The van der Waals surface area contributed by atoms with Crippen LogP contribution in [0.3, 0.4) is 0 Å². The van der Waals surface area contributed by atoms with E-state index < -0.39 is 0 Å². The first-order valence-electron chi connectivity index (χ1n) is 8.87. The summed E-state index contributed by atoms with van der Waals surface area (Å²) in [4.78, 5) is 6.58. The number of ether oxygens (including phenoxy) is 2. The van der Waals surface area contributed by atoms with E-state index in [1.54, 1.807) is 21.3 Å². The maximum Gasteiger partial charge on any atom is 0.191 e. The Kier molecular flexibility index (Phi) is 14.4. The Morgan fingerprint density at radius 2 is 1.92 bits per heavy atom. The van der Waals surface area contributed by atoms with Gasteiger partial charge in [-0.05, 0) is 25.1 Å². The molecule has 1 aromatic carbocycles. The second-order valence-corrected chi connectivity index (χ2v) is 6.17. The van der Waals surface area contributed by atoms with Crippen LogP contribution in [0.4, 0.5) is 0 Å². The molecule has 7 heteroatoms. The average molecular weight is 478 g/mol. The van der Waals surface area contributed by atoms with Gasteiger partial charge >= 0.3 is 0 Å². The summed E-state index contributed by atoms with van der Waals surface area (Å²) in [7, 11) is 7.37. The van der Waals surface area contributed by atoms with E-state index in [1.165, 1.54) is 5.56 Å². The highest BCUT2D eigenvalue weighted by Gasteiger charge is 2.11. The van der Waals surface area contributed by atoms with E-state index in [4.69, 9.17) is 9.47 Å². The lowest BCUT2D eigenvalue weighted by molar-refractivity contribution is 0.180. The number of rotatable bonds is 11. The van der Waals surface area contributed by atoms with Gasteiger partial charge in [0.15, 0.2) is 5.96 Å². The molecule has 1 unspecified atom stereocenters. The Morgan fingerprint density at radius 1 is 1.19 bits per heavy atom. The second kappa shape index (κ2) is 15.0. The summed E-state index contributed by atoms with van der Waals surface area (Å²) in [5.74, 6) is 2.08. The fourth-order valence-corrected chi connectivity index (χ4v) is 2.61. The van der Waals surface area contributed by atoms with Crippen molar-refractivity contribution in [3.63, 3.8) is 0 Å². The largest absolute Gasteiger partial charge is 0.496 e. The van der Waals surface area contributed by atoms with Gasteiger partial charge in [-0.25, -0.2) is 0 Å². The van der Waals surface area contributed by atoms with Gasteiger partial charge in [0, 0.05) is 52.9 Å². The molecular weight excluding hydrogens is 443 g/mol. The van der Waals surface area contributed by atoms with Crippen LogP contribution in [0.1, 0.15) is 24.8 Å². The van der Waals surface area contributed by atoms with Crippen molar-refractivity contribution in [2.75, 3.05) is 61.1 Å². The summed E-state index contributed by atoms with van der Waals surface area (Å²) in [6.45, 7) is 6.64. The minimum absolute atomic E-state index is 0. The molecule has 0 fully saturated rings. The molecule has 0 aliphatic rings. The van der Waals surface area contributed by atoms with Gasteiger partial charge in [0.2, 0.25) is 0 Å². The molecule has 0 saturated heterocycles. The van der Waals surface area contributed by atoms with E-state index in [1.807, 2.05) is 18.2 Å². The van der Waals surface area contributed by atoms with E-state index in [9.17, 15) is 0 Å². The van der Waals surface area contributed by atoms with Crippen LogP contribution in [0, 0.1) is 0 Å². The third-order valence-electron chi connectivity index (χ3n) is 4.14. The summed E-state index contributed by atoms with van der Waals surface area (Å²) in [5.41, 5.74) is 1.20. The van der Waals surface area contributed by atoms with Crippen molar-refractivity contribution >= 4 is 29.9 Å². The molecule has 1 aromatic rings. The second-order valence-electron chi connectivity index (χ2n) is 6.17. The Balaban J connectivity index is 0.00000625. The van der Waals surface area contributed by atoms with Crippen LogP contribution in [0.15, 0.2) is 29.3 Å². The van der Waals surface area contributed by atoms with E-state index in [0.29, 0.717) is 5.92 Å². The standard InChI is InChI=1S/C19H34N4O2.HI/c1-16(17-9-6-7-10-18(17)25-5)15-22-19(20-2)21-11-13-23(3)12-8-14-24-4;/h6-7,9-10,16H,8,11-15H2,1-5H3,(H2,20,21,22);1H. The molecule has 0 aliphatic heterocycles. The fraction of sp³-hybridized carbons (Fsp3) is 0.632. The van der Waals surface area contributed by atoms with Crippen molar-refractivity contribution in [2.45, 2.75) is 19.3 Å². The zero-order valence-corrected chi connectivity index (χ0v) is 19.1. The van der Waals surface area contributed by atoms with Gasteiger partial charge in [-0.1, -0.05) is 25.1 Å². The molecule has 0 aromatic heterocycles. The van der Waals surface area contributed by atoms with Crippen LogP contribution in [-0.2, 0) is 4.74 Å². The summed E-state index contributed by atoms with van der Waals surface area (Å²) < 4.78 is 10.5. The lowest BCUT2D eigenvalue weighted by atomic mass is 10.0. The molecule has 0 aliphatic carbocycles.